The van der Waals surface area contributed by atoms with E-state index in [1.165, 1.54) is 52.0 Å². The molecule has 18 heteroatoms. The van der Waals surface area contributed by atoms with Gasteiger partial charge in [-0.1, -0.05) is 81.3 Å². The van der Waals surface area contributed by atoms with Gasteiger partial charge in [-0.3, -0.25) is 24.0 Å². The van der Waals surface area contributed by atoms with E-state index in [0.29, 0.717) is 11.1 Å². The molecule has 0 aromatic heterocycles. The highest BCUT2D eigenvalue weighted by molar-refractivity contribution is 6.40. The Balaban J connectivity index is 1.54. The molecule has 4 fully saturated rings. The van der Waals surface area contributed by atoms with E-state index < -0.39 is 124 Å². The van der Waals surface area contributed by atoms with Crippen LogP contribution in [0.4, 0.5) is 5.69 Å². The summed E-state index contributed by atoms with van der Waals surface area (Å²) in [5.41, 5.74) is 1.46. The van der Waals surface area contributed by atoms with Crippen LogP contribution in [0, 0.1) is 28.6 Å². The van der Waals surface area contributed by atoms with Crippen molar-refractivity contribution in [2.45, 2.75) is 122 Å². The van der Waals surface area contributed by atoms with Gasteiger partial charge < -0.3 is 39.2 Å². The average Bonchev–Trinajstić information content (AvgIpc) is 3.25. The number of nitrogens with zero attached hydrogens (tertiary/aromatic N) is 3. The fourth-order valence-corrected chi connectivity index (χ4v) is 10.4. The molecule has 3 N–H and O–H groups in total. The van der Waals surface area contributed by atoms with Crippen LogP contribution in [0.3, 0.4) is 0 Å². The van der Waals surface area contributed by atoms with Crippen molar-refractivity contribution < 1.29 is 67.5 Å². The molecular formula is C46H54N4O14. The number of hydrogen-bond acceptors (Lipinski definition) is 15. The van der Waals surface area contributed by atoms with E-state index in [2.05, 4.69) is 15.3 Å². The molecule has 1 aliphatic heterocycles. The van der Waals surface area contributed by atoms with Crippen molar-refractivity contribution in [2.24, 2.45) is 33.7 Å². The molecular weight excluding hydrogens is 833 g/mol. The number of hydrogen-bond donors (Lipinski definition) is 3. The first-order chi connectivity index (χ1) is 30.1. The highest BCUT2D eigenvalue weighted by Gasteiger charge is 2.80. The molecule has 18 nitrogen and oxygen atoms in total. The number of ether oxygens (including phenoxy) is 5. The van der Waals surface area contributed by atoms with Crippen LogP contribution in [-0.4, -0.2) is 99.9 Å². The second-order valence-electron chi connectivity index (χ2n) is 17.9. The van der Waals surface area contributed by atoms with E-state index >= 15 is 9.59 Å². The summed E-state index contributed by atoms with van der Waals surface area (Å²) < 4.78 is 30.4. The smallest absolute Gasteiger partial charge is 0.338 e. The lowest BCUT2D eigenvalue weighted by atomic mass is 9.42. The van der Waals surface area contributed by atoms with E-state index in [-0.39, 0.29) is 30.7 Å². The van der Waals surface area contributed by atoms with Crippen molar-refractivity contribution in [3.63, 3.8) is 0 Å². The highest BCUT2D eigenvalue weighted by atomic mass is 16.6. The second kappa shape index (κ2) is 17.9. The molecule has 3 aliphatic carbocycles. The molecule has 2 aromatic rings. The maximum absolute atomic E-state index is 15.4. The summed E-state index contributed by atoms with van der Waals surface area (Å²) in [6.07, 6.45) is -7.34. The molecule has 6 rings (SSSR count). The molecule has 3 saturated carbocycles. The Kier molecular flexibility index (Phi) is 13.3. The van der Waals surface area contributed by atoms with Crippen LogP contribution in [0.25, 0.3) is 10.4 Å². The number of ketones is 2. The Bertz CT molecular complexity index is 2310. The first-order valence-electron chi connectivity index (χ1n) is 21.2. The van der Waals surface area contributed by atoms with E-state index in [9.17, 15) is 34.2 Å². The van der Waals surface area contributed by atoms with Crippen LogP contribution in [0.5, 0.6) is 0 Å². The van der Waals surface area contributed by atoms with Gasteiger partial charge in [0.2, 0.25) is 17.5 Å². The number of carbonyl (C=O) groups excluding carboxylic acids is 7. The zero-order valence-electron chi connectivity index (χ0n) is 36.9. The van der Waals surface area contributed by atoms with Gasteiger partial charge in [-0.25, -0.2) is 9.59 Å². The van der Waals surface area contributed by atoms with Gasteiger partial charge >= 0.3 is 23.9 Å². The number of esters is 4. The Hall–Kier alpha value is -5.94. The lowest BCUT2D eigenvalue weighted by molar-refractivity contribution is -0.350. The Morgan fingerprint density at radius 1 is 1.03 bits per heavy atom. The summed E-state index contributed by atoms with van der Waals surface area (Å²) in [6.45, 7) is 11.4. The Labute approximate surface area is 369 Å². The predicted molar refractivity (Wildman–Crippen MR) is 224 cm³/mol. The van der Waals surface area contributed by atoms with E-state index in [0.717, 1.165) is 6.92 Å². The minimum Gasteiger partial charge on any atom is -0.461 e. The molecule has 342 valence electrons. The fraction of sp³-hybridized carbons (Fsp3) is 0.543. The van der Waals surface area contributed by atoms with Gasteiger partial charge in [-0.15, -0.1) is 0 Å². The number of amides is 1. The van der Waals surface area contributed by atoms with E-state index in [1.807, 2.05) is 0 Å². The van der Waals surface area contributed by atoms with Crippen LogP contribution in [-0.2, 0) is 52.5 Å². The number of rotatable bonds is 12. The SMILES string of the molecule is CC=C(C)C(=O)N[C@@H](c1ccccc1)[C@@H](O)C(=O)O[C@H]1C[C@@]2(O)[C@@H](OC(=O)c3cccc(N=[N+]=[N-])c3)C3[C@](C)(C(=O)C(=O)C(C1C)C2(C)C)[C@@H](OC(=O)CC)C[C@H]1OC[C@@]31OC(C)=O. The van der Waals surface area contributed by atoms with Gasteiger partial charge in [0.15, 0.2) is 11.7 Å². The van der Waals surface area contributed by atoms with Gasteiger partial charge in [-0.05, 0) is 44.0 Å². The molecule has 3 unspecified atom stereocenters. The average molecular weight is 887 g/mol. The van der Waals surface area contributed by atoms with Gasteiger partial charge in [0, 0.05) is 59.6 Å². The van der Waals surface area contributed by atoms with Crippen molar-refractivity contribution in [1.29, 1.82) is 0 Å². The summed E-state index contributed by atoms with van der Waals surface area (Å²) in [4.78, 5) is 101. The lowest BCUT2D eigenvalue weighted by Crippen LogP contribution is -2.83. The maximum Gasteiger partial charge on any atom is 0.338 e. The third-order valence-electron chi connectivity index (χ3n) is 14.0. The molecule has 2 bridgehead atoms. The largest absolute Gasteiger partial charge is 0.461 e. The molecule has 1 saturated heterocycles. The van der Waals surface area contributed by atoms with Crippen LogP contribution in [0.15, 0.2) is 71.4 Å². The number of nitrogens with one attached hydrogen (secondary N) is 1. The zero-order valence-corrected chi connectivity index (χ0v) is 36.9. The van der Waals surface area contributed by atoms with Gasteiger partial charge in [0.25, 0.3) is 0 Å². The van der Waals surface area contributed by atoms with Gasteiger partial charge in [0.1, 0.15) is 30.0 Å². The lowest BCUT2D eigenvalue weighted by Gasteiger charge is -2.68. The van der Waals surface area contributed by atoms with Crippen molar-refractivity contribution in [3.8, 4) is 0 Å². The third kappa shape index (κ3) is 7.97. The predicted octanol–water partition coefficient (Wildman–Crippen LogP) is 4.86. The third-order valence-corrected chi connectivity index (χ3v) is 14.0. The first kappa shape index (κ1) is 47.5. The summed E-state index contributed by atoms with van der Waals surface area (Å²) in [5.74, 6) is -10.8. The summed E-state index contributed by atoms with van der Waals surface area (Å²) in [5, 5.41) is 31.6. The second-order valence-corrected chi connectivity index (χ2v) is 17.9. The van der Waals surface area contributed by atoms with Crippen molar-refractivity contribution in [2.75, 3.05) is 6.61 Å². The van der Waals surface area contributed by atoms with Crippen LogP contribution < -0.4 is 5.32 Å². The number of carbonyl (C=O) groups is 7. The molecule has 1 amide bonds. The Morgan fingerprint density at radius 3 is 2.31 bits per heavy atom. The number of Topliss-reactive ketones (excluding diaryl/α,β-unsaturated/α-hetero) is 2. The van der Waals surface area contributed by atoms with Crippen LogP contribution in [0.2, 0.25) is 0 Å². The number of benzene rings is 2. The molecule has 0 spiro atoms. The molecule has 1 heterocycles. The minimum absolute atomic E-state index is 0.0373. The zero-order chi connectivity index (χ0) is 47.1. The van der Waals surface area contributed by atoms with Crippen LogP contribution in [0.1, 0.15) is 96.6 Å². The van der Waals surface area contributed by atoms with Gasteiger partial charge in [0.05, 0.1) is 29.5 Å². The normalized spacial score (nSPS) is 32.5. The van der Waals surface area contributed by atoms with Crippen molar-refractivity contribution in [1.82, 2.24) is 5.32 Å². The number of allylic oxidation sites excluding steroid dienone is 1. The van der Waals surface area contributed by atoms with E-state index in [4.69, 9.17) is 29.2 Å². The topological polar surface area (TPSA) is 267 Å². The number of azide groups is 1. The molecule has 12 atom stereocenters. The molecule has 0 radical (unpaired) electrons. The standard InChI is InChI=1S/C46H54N4O14/c1-9-23(3)40(56)48-34(26-15-12-11-13-16-26)36(54)42(58)61-29-21-46(59)39(63-41(57)27-17-14-18-28(19-27)49-50-47)37-44(8,38(55)35(53)33(24(29)4)43(46,6)7)30(62-32(52)10-2)20-31-45(37,22-60-31)64-25(5)51/h9,11-19,24,29-31,33-34,36-37,39,54,59H,10,20-22H2,1-8H3,(H,48,56)/t24?,29-,30-,31+,33?,34-,36+,37?,39-,44+,45-,46+/m0/s1. The molecule has 4 aliphatic rings. The molecule has 64 heavy (non-hydrogen) atoms. The monoisotopic (exact) mass is 886 g/mol. The quantitative estimate of drug-likeness (QED) is 0.0489. The number of fused-ring (bicyclic) bond motifs is 5. The summed E-state index contributed by atoms with van der Waals surface area (Å²) in [7, 11) is 0. The van der Waals surface area contributed by atoms with Crippen LogP contribution >= 0.6 is 0 Å². The van der Waals surface area contributed by atoms with Crippen molar-refractivity contribution in [3.05, 3.63) is 87.8 Å². The molecule has 2 aromatic carbocycles. The highest BCUT2D eigenvalue weighted by Crippen LogP contribution is 2.65. The fourth-order valence-electron chi connectivity index (χ4n) is 10.4. The van der Waals surface area contributed by atoms with Gasteiger partial charge in [-0.2, -0.15) is 0 Å². The van der Waals surface area contributed by atoms with E-state index in [1.54, 1.807) is 57.2 Å². The number of aliphatic hydroxyl groups is 2. The maximum atomic E-state index is 15.4. The Morgan fingerprint density at radius 2 is 1.72 bits per heavy atom. The first-order valence-corrected chi connectivity index (χ1v) is 21.2. The number of aliphatic hydroxyl groups excluding tert-OH is 1. The minimum atomic E-state index is -2.47. The summed E-state index contributed by atoms with van der Waals surface area (Å²) >= 11 is 0. The van der Waals surface area contributed by atoms with Crippen molar-refractivity contribution >= 4 is 47.0 Å². The summed E-state index contributed by atoms with van der Waals surface area (Å²) in [6, 6.07) is 12.3.